The Morgan fingerprint density at radius 2 is 1.88 bits per heavy atom. The summed E-state index contributed by atoms with van der Waals surface area (Å²) >= 11 is 0. The molecule has 2 heterocycles. The van der Waals surface area contributed by atoms with Gasteiger partial charge in [-0.2, -0.15) is 0 Å². The van der Waals surface area contributed by atoms with Crippen molar-refractivity contribution in [3.63, 3.8) is 0 Å². The van der Waals surface area contributed by atoms with Crippen LogP contribution in [0.15, 0.2) is 30.7 Å². The van der Waals surface area contributed by atoms with Crippen LogP contribution in [-0.4, -0.2) is 46.1 Å². The smallest absolute Gasteiger partial charge is 0.272 e. The normalized spacial score (nSPS) is 32.7. The van der Waals surface area contributed by atoms with Crippen LogP contribution in [0.5, 0.6) is 11.5 Å². The number of piperidine rings is 1. The van der Waals surface area contributed by atoms with E-state index in [2.05, 4.69) is 28.2 Å². The summed E-state index contributed by atoms with van der Waals surface area (Å²) in [5.41, 5.74) is 1.78. The number of hydrogen-bond donors (Lipinski definition) is 1. The molecule has 4 bridgehead atoms. The zero-order valence-electron chi connectivity index (χ0n) is 19.6. The molecule has 1 aromatic heterocycles. The molecule has 1 amide bonds. The zero-order chi connectivity index (χ0) is 22.4. The molecule has 1 atom stereocenters. The zero-order valence-corrected chi connectivity index (χ0v) is 19.6. The summed E-state index contributed by atoms with van der Waals surface area (Å²) in [5.74, 6) is 4.29. The fourth-order valence-electron chi connectivity index (χ4n) is 7.60. The molecule has 6 nitrogen and oxygen atoms in total. The van der Waals surface area contributed by atoms with Gasteiger partial charge >= 0.3 is 0 Å². The number of imidazole rings is 1. The molecular formula is C27H35N3O3. The van der Waals surface area contributed by atoms with E-state index in [0.717, 1.165) is 61.5 Å². The van der Waals surface area contributed by atoms with Gasteiger partial charge in [-0.1, -0.05) is 6.07 Å². The lowest BCUT2D eigenvalue weighted by molar-refractivity contribution is -0.108. The summed E-state index contributed by atoms with van der Waals surface area (Å²) in [7, 11) is 1.73. The molecular weight excluding hydrogens is 414 g/mol. The quantitative estimate of drug-likeness (QED) is 0.674. The van der Waals surface area contributed by atoms with E-state index in [1.165, 1.54) is 44.1 Å². The van der Waals surface area contributed by atoms with Crippen molar-refractivity contribution >= 4 is 5.91 Å². The van der Waals surface area contributed by atoms with Crippen molar-refractivity contribution in [1.82, 2.24) is 14.9 Å². The van der Waals surface area contributed by atoms with E-state index in [-0.39, 0.29) is 17.6 Å². The van der Waals surface area contributed by atoms with Gasteiger partial charge in [0.1, 0.15) is 11.3 Å². The second kappa shape index (κ2) is 8.37. The van der Waals surface area contributed by atoms with Crippen LogP contribution >= 0.6 is 0 Å². The molecule has 0 radical (unpaired) electrons. The number of rotatable bonds is 6. The molecule has 6 heteroatoms. The van der Waals surface area contributed by atoms with Gasteiger partial charge in [0, 0.05) is 12.6 Å². The SMILES string of the molecule is COc1ccc(CC2CCCCN2C(=O)c2cnc[nH]2)cc1OC12CC3CC(CC(C3)C1)C2. The summed E-state index contributed by atoms with van der Waals surface area (Å²) in [6.45, 7) is 0.801. The number of aromatic nitrogens is 2. The third-order valence-electron chi connectivity index (χ3n) is 8.62. The Bertz CT molecular complexity index is 967. The van der Waals surface area contributed by atoms with E-state index in [1.54, 1.807) is 19.6 Å². The van der Waals surface area contributed by atoms with Gasteiger partial charge in [0.25, 0.3) is 5.91 Å². The number of amides is 1. The summed E-state index contributed by atoms with van der Waals surface area (Å²) in [6.07, 6.45) is 15.1. The molecule has 1 aromatic carbocycles. The minimum Gasteiger partial charge on any atom is -0.493 e. The van der Waals surface area contributed by atoms with E-state index in [1.807, 2.05) is 4.90 Å². The van der Waals surface area contributed by atoms with Crippen LogP contribution in [0, 0.1) is 17.8 Å². The number of H-pyrrole nitrogens is 1. The van der Waals surface area contributed by atoms with Crippen LogP contribution in [0.4, 0.5) is 0 Å². The minimum absolute atomic E-state index is 0.00584. The molecule has 5 fully saturated rings. The number of hydrogen-bond acceptors (Lipinski definition) is 4. The number of carbonyl (C=O) groups is 1. The highest BCUT2D eigenvalue weighted by molar-refractivity contribution is 5.92. The highest BCUT2D eigenvalue weighted by Crippen LogP contribution is 2.57. The lowest BCUT2D eigenvalue weighted by Gasteiger charge is -2.56. The molecule has 1 unspecified atom stereocenters. The molecule has 1 N–H and O–H groups in total. The van der Waals surface area contributed by atoms with Crippen molar-refractivity contribution in [2.45, 2.75) is 75.9 Å². The first-order valence-corrected chi connectivity index (χ1v) is 12.8. The second-order valence-electron chi connectivity index (χ2n) is 11.0. The van der Waals surface area contributed by atoms with Gasteiger partial charge in [0.15, 0.2) is 11.5 Å². The minimum atomic E-state index is -0.00584. The number of ether oxygens (including phenoxy) is 2. The molecule has 1 saturated heterocycles. The van der Waals surface area contributed by atoms with Gasteiger partial charge in [-0.05, 0) is 99.7 Å². The second-order valence-corrected chi connectivity index (χ2v) is 11.0. The predicted octanol–water partition coefficient (Wildman–Crippen LogP) is 5.00. The van der Waals surface area contributed by atoms with E-state index in [9.17, 15) is 4.79 Å². The standard InChI is InChI=1S/C27H35N3O3/c1-32-24-6-5-18(11-22-4-2-3-7-30(22)26(31)23-16-28-17-29-23)12-25(24)33-27-13-19-8-20(14-27)10-21(9-19)15-27/h5-6,12,16-17,19-22H,2-4,7-11,13-15H2,1H3,(H,28,29). The molecule has 33 heavy (non-hydrogen) atoms. The van der Waals surface area contributed by atoms with Crippen molar-refractivity contribution in [2.75, 3.05) is 13.7 Å². The molecule has 4 aliphatic carbocycles. The van der Waals surface area contributed by atoms with Crippen molar-refractivity contribution in [3.8, 4) is 11.5 Å². The Morgan fingerprint density at radius 1 is 1.12 bits per heavy atom. The average molecular weight is 450 g/mol. The van der Waals surface area contributed by atoms with E-state index in [4.69, 9.17) is 9.47 Å². The lowest BCUT2D eigenvalue weighted by atomic mass is 9.54. The third kappa shape index (κ3) is 4.02. The van der Waals surface area contributed by atoms with Crippen LogP contribution in [0.2, 0.25) is 0 Å². The maximum Gasteiger partial charge on any atom is 0.272 e. The topological polar surface area (TPSA) is 67.5 Å². The highest BCUT2D eigenvalue weighted by atomic mass is 16.5. The monoisotopic (exact) mass is 449 g/mol. The number of methoxy groups -OCH3 is 1. The number of nitrogens with zero attached hydrogens (tertiary/aromatic N) is 2. The van der Waals surface area contributed by atoms with Gasteiger partial charge in [0.2, 0.25) is 0 Å². The number of likely N-dealkylation sites (tertiary alicyclic amines) is 1. The van der Waals surface area contributed by atoms with E-state index >= 15 is 0 Å². The van der Waals surface area contributed by atoms with Crippen molar-refractivity contribution in [2.24, 2.45) is 17.8 Å². The largest absolute Gasteiger partial charge is 0.493 e. The fraction of sp³-hybridized carbons (Fsp3) is 0.630. The summed E-state index contributed by atoms with van der Waals surface area (Å²) in [5, 5.41) is 0. The molecule has 0 spiro atoms. The van der Waals surface area contributed by atoms with Gasteiger partial charge in [-0.25, -0.2) is 4.98 Å². The molecule has 5 aliphatic rings. The lowest BCUT2D eigenvalue weighted by Crippen LogP contribution is -2.53. The van der Waals surface area contributed by atoms with Gasteiger partial charge in [-0.3, -0.25) is 4.79 Å². The van der Waals surface area contributed by atoms with Crippen molar-refractivity contribution < 1.29 is 14.3 Å². The van der Waals surface area contributed by atoms with Crippen LogP contribution in [0.1, 0.15) is 73.8 Å². The molecule has 2 aromatic rings. The maximum absolute atomic E-state index is 13.1. The summed E-state index contributed by atoms with van der Waals surface area (Å²) in [6, 6.07) is 6.56. The van der Waals surface area contributed by atoms with Gasteiger partial charge in [-0.15, -0.1) is 0 Å². The Kier molecular flexibility index (Phi) is 5.34. The predicted molar refractivity (Wildman–Crippen MR) is 125 cm³/mol. The first-order chi connectivity index (χ1) is 16.1. The maximum atomic E-state index is 13.1. The highest BCUT2D eigenvalue weighted by Gasteiger charge is 2.52. The van der Waals surface area contributed by atoms with Crippen LogP contribution in [0.3, 0.4) is 0 Å². The molecule has 1 aliphatic heterocycles. The van der Waals surface area contributed by atoms with E-state index in [0.29, 0.717) is 5.69 Å². The van der Waals surface area contributed by atoms with Gasteiger partial charge < -0.3 is 19.4 Å². The first kappa shape index (κ1) is 21.1. The number of nitrogens with one attached hydrogen (secondary N) is 1. The van der Waals surface area contributed by atoms with Crippen LogP contribution in [0.25, 0.3) is 0 Å². The van der Waals surface area contributed by atoms with E-state index < -0.39 is 0 Å². The Hall–Kier alpha value is -2.50. The number of carbonyl (C=O) groups excluding carboxylic acids is 1. The average Bonchev–Trinajstić information content (AvgIpc) is 3.33. The third-order valence-corrected chi connectivity index (χ3v) is 8.62. The van der Waals surface area contributed by atoms with Crippen LogP contribution in [-0.2, 0) is 6.42 Å². The van der Waals surface area contributed by atoms with Crippen LogP contribution < -0.4 is 9.47 Å². The Labute approximate surface area is 196 Å². The Balaban J connectivity index is 1.22. The molecule has 4 saturated carbocycles. The first-order valence-electron chi connectivity index (χ1n) is 12.8. The van der Waals surface area contributed by atoms with Crippen molar-refractivity contribution in [3.05, 3.63) is 42.0 Å². The fourth-order valence-corrected chi connectivity index (χ4v) is 7.60. The van der Waals surface area contributed by atoms with Gasteiger partial charge in [0.05, 0.1) is 19.6 Å². The number of aromatic amines is 1. The summed E-state index contributed by atoms with van der Waals surface area (Å²) in [4.78, 5) is 22.1. The molecule has 7 rings (SSSR count). The number of benzene rings is 1. The summed E-state index contributed by atoms with van der Waals surface area (Å²) < 4.78 is 12.6. The Morgan fingerprint density at radius 3 is 2.55 bits per heavy atom. The molecule has 176 valence electrons. The van der Waals surface area contributed by atoms with Crippen molar-refractivity contribution in [1.29, 1.82) is 0 Å².